The van der Waals surface area contributed by atoms with Gasteiger partial charge in [0.1, 0.15) is 5.60 Å². The Kier molecular flexibility index (Phi) is 4.79. The fourth-order valence-electron chi connectivity index (χ4n) is 3.47. The number of rotatable bonds is 3. The van der Waals surface area contributed by atoms with E-state index in [9.17, 15) is 9.59 Å². The third-order valence-corrected chi connectivity index (χ3v) is 4.59. The van der Waals surface area contributed by atoms with Gasteiger partial charge >= 0.3 is 12.1 Å². The van der Waals surface area contributed by atoms with Crippen LogP contribution in [0.2, 0.25) is 0 Å². The Balaban J connectivity index is 1.70. The molecule has 2 fully saturated rings. The fraction of sp³-hybridized carbons (Fsp3) is 0.875. The van der Waals surface area contributed by atoms with Crippen molar-refractivity contribution in [2.24, 2.45) is 17.8 Å². The molecule has 0 atom stereocenters. The van der Waals surface area contributed by atoms with E-state index in [-0.39, 0.29) is 6.09 Å². The van der Waals surface area contributed by atoms with Crippen LogP contribution in [0.25, 0.3) is 0 Å². The average Bonchev–Trinajstić information content (AvgIpc) is 2.31. The van der Waals surface area contributed by atoms with E-state index < -0.39 is 11.6 Å². The molecule has 5 heteroatoms. The molecule has 1 heterocycles. The minimum Gasteiger partial charge on any atom is -0.481 e. The summed E-state index contributed by atoms with van der Waals surface area (Å²) in [7, 11) is 0. The van der Waals surface area contributed by atoms with Crippen LogP contribution in [0, 0.1) is 17.8 Å². The van der Waals surface area contributed by atoms with Crippen LogP contribution in [0.5, 0.6) is 0 Å². The van der Waals surface area contributed by atoms with Gasteiger partial charge in [-0.15, -0.1) is 0 Å². The lowest BCUT2D eigenvalue weighted by molar-refractivity contribution is -0.139. The predicted molar refractivity (Wildman–Crippen MR) is 79.0 cm³/mol. The molecule has 0 aromatic carbocycles. The van der Waals surface area contributed by atoms with E-state index >= 15 is 0 Å². The molecule has 1 amide bonds. The Labute approximate surface area is 126 Å². The van der Waals surface area contributed by atoms with Crippen molar-refractivity contribution in [1.82, 2.24) is 4.90 Å². The van der Waals surface area contributed by atoms with Crippen molar-refractivity contribution in [1.29, 1.82) is 0 Å². The van der Waals surface area contributed by atoms with Crippen LogP contribution in [0.15, 0.2) is 0 Å². The largest absolute Gasteiger partial charge is 0.481 e. The van der Waals surface area contributed by atoms with Crippen molar-refractivity contribution in [3.8, 4) is 0 Å². The van der Waals surface area contributed by atoms with Crippen LogP contribution in [-0.2, 0) is 9.53 Å². The van der Waals surface area contributed by atoms with Gasteiger partial charge in [-0.25, -0.2) is 4.79 Å². The van der Waals surface area contributed by atoms with Crippen molar-refractivity contribution < 1.29 is 19.4 Å². The molecule has 0 unspecified atom stereocenters. The molecule has 2 rings (SSSR count). The molecule has 1 aliphatic heterocycles. The average molecular weight is 297 g/mol. The van der Waals surface area contributed by atoms with E-state index in [0.717, 1.165) is 38.8 Å². The van der Waals surface area contributed by atoms with Crippen LogP contribution in [0.4, 0.5) is 4.79 Å². The first-order chi connectivity index (χ1) is 9.74. The van der Waals surface area contributed by atoms with Gasteiger partial charge in [0.25, 0.3) is 0 Å². The summed E-state index contributed by atoms with van der Waals surface area (Å²) < 4.78 is 5.40. The molecule has 120 valence electrons. The number of piperidine rings is 1. The van der Waals surface area contributed by atoms with Gasteiger partial charge < -0.3 is 14.7 Å². The summed E-state index contributed by atoms with van der Waals surface area (Å²) in [5, 5.41) is 8.78. The van der Waals surface area contributed by atoms with Gasteiger partial charge in [0.05, 0.1) is 0 Å². The standard InChI is InChI=1S/C16H27NO4/c1-16(2,3)21-15(20)17-6-4-12(5-7-17)13-8-11(9-13)10-14(18)19/h11-13H,4-10H2,1-3H3,(H,18,19). The van der Waals surface area contributed by atoms with Crippen LogP contribution in [0.1, 0.15) is 52.9 Å². The summed E-state index contributed by atoms with van der Waals surface area (Å²) in [6.45, 7) is 7.18. The lowest BCUT2D eigenvalue weighted by Crippen LogP contribution is -2.44. The van der Waals surface area contributed by atoms with Gasteiger partial charge in [0.15, 0.2) is 0 Å². The Morgan fingerprint density at radius 3 is 2.19 bits per heavy atom. The number of hydrogen-bond donors (Lipinski definition) is 1. The zero-order valence-electron chi connectivity index (χ0n) is 13.3. The molecule has 1 N–H and O–H groups in total. The lowest BCUT2D eigenvalue weighted by atomic mass is 9.65. The lowest BCUT2D eigenvalue weighted by Gasteiger charge is -2.43. The van der Waals surface area contributed by atoms with Crippen LogP contribution < -0.4 is 0 Å². The number of likely N-dealkylation sites (tertiary alicyclic amines) is 1. The normalized spacial score (nSPS) is 27.1. The number of amides is 1. The van der Waals surface area contributed by atoms with Gasteiger partial charge in [0, 0.05) is 19.5 Å². The van der Waals surface area contributed by atoms with Crippen LogP contribution in [-0.4, -0.2) is 40.8 Å². The number of nitrogens with zero attached hydrogens (tertiary/aromatic N) is 1. The molecule has 2 aliphatic rings. The molecular weight excluding hydrogens is 270 g/mol. The highest BCUT2D eigenvalue weighted by Gasteiger charge is 2.38. The van der Waals surface area contributed by atoms with E-state index in [4.69, 9.17) is 9.84 Å². The summed E-state index contributed by atoms with van der Waals surface area (Å²) in [6, 6.07) is 0. The van der Waals surface area contributed by atoms with Crippen molar-refractivity contribution in [2.45, 2.75) is 58.5 Å². The molecule has 1 aliphatic carbocycles. The van der Waals surface area contributed by atoms with Gasteiger partial charge in [0.2, 0.25) is 0 Å². The van der Waals surface area contributed by atoms with E-state index in [1.54, 1.807) is 4.90 Å². The molecular formula is C16H27NO4. The minimum absolute atomic E-state index is 0.210. The SMILES string of the molecule is CC(C)(C)OC(=O)N1CCC(C2CC(CC(=O)O)C2)CC1. The highest BCUT2D eigenvalue weighted by atomic mass is 16.6. The molecule has 0 aromatic rings. The summed E-state index contributed by atoms with van der Waals surface area (Å²) in [5.41, 5.74) is -0.439. The first kappa shape index (κ1) is 16.1. The third-order valence-electron chi connectivity index (χ3n) is 4.59. The topological polar surface area (TPSA) is 66.8 Å². The van der Waals surface area contributed by atoms with Crippen molar-refractivity contribution in [3.05, 3.63) is 0 Å². The molecule has 0 radical (unpaired) electrons. The summed E-state index contributed by atoms with van der Waals surface area (Å²) in [4.78, 5) is 24.4. The zero-order valence-corrected chi connectivity index (χ0v) is 13.3. The zero-order chi connectivity index (χ0) is 15.6. The van der Waals surface area contributed by atoms with Gasteiger partial charge in [-0.05, 0) is 64.2 Å². The van der Waals surface area contributed by atoms with Crippen molar-refractivity contribution >= 4 is 12.1 Å². The number of aliphatic carboxylic acids is 1. The molecule has 1 saturated heterocycles. The number of ether oxygens (including phenoxy) is 1. The number of carbonyl (C=O) groups excluding carboxylic acids is 1. The summed E-state index contributed by atoms with van der Waals surface area (Å²) in [5.74, 6) is 0.999. The number of carboxylic acids is 1. The smallest absolute Gasteiger partial charge is 0.410 e. The highest BCUT2D eigenvalue weighted by Crippen LogP contribution is 2.44. The first-order valence-electron chi connectivity index (χ1n) is 7.94. The highest BCUT2D eigenvalue weighted by molar-refractivity contribution is 5.68. The van der Waals surface area contributed by atoms with E-state index in [1.807, 2.05) is 20.8 Å². The number of carboxylic acid groups (broad SMARTS) is 1. The number of hydrogen-bond acceptors (Lipinski definition) is 3. The number of carbonyl (C=O) groups is 2. The Morgan fingerprint density at radius 1 is 1.14 bits per heavy atom. The van der Waals surface area contributed by atoms with Gasteiger partial charge in [-0.2, -0.15) is 0 Å². The van der Waals surface area contributed by atoms with Crippen LogP contribution >= 0.6 is 0 Å². The third kappa shape index (κ3) is 4.61. The van der Waals surface area contributed by atoms with Crippen LogP contribution in [0.3, 0.4) is 0 Å². The molecule has 0 bridgehead atoms. The molecule has 21 heavy (non-hydrogen) atoms. The molecule has 0 aromatic heterocycles. The monoisotopic (exact) mass is 297 g/mol. The Morgan fingerprint density at radius 2 is 1.71 bits per heavy atom. The van der Waals surface area contributed by atoms with Crippen molar-refractivity contribution in [2.75, 3.05) is 13.1 Å². The quantitative estimate of drug-likeness (QED) is 0.869. The Hall–Kier alpha value is -1.26. The second-order valence-corrected chi connectivity index (χ2v) is 7.50. The van der Waals surface area contributed by atoms with E-state index in [1.165, 1.54) is 0 Å². The second kappa shape index (κ2) is 6.24. The van der Waals surface area contributed by atoms with E-state index in [2.05, 4.69) is 0 Å². The Bertz CT molecular complexity index is 388. The van der Waals surface area contributed by atoms with E-state index in [0.29, 0.717) is 24.2 Å². The first-order valence-corrected chi connectivity index (χ1v) is 7.94. The summed E-state index contributed by atoms with van der Waals surface area (Å²) >= 11 is 0. The van der Waals surface area contributed by atoms with Crippen molar-refractivity contribution in [3.63, 3.8) is 0 Å². The molecule has 0 spiro atoms. The second-order valence-electron chi connectivity index (χ2n) is 7.50. The summed E-state index contributed by atoms with van der Waals surface area (Å²) in [6.07, 6.45) is 4.23. The van der Waals surface area contributed by atoms with Gasteiger partial charge in [-0.1, -0.05) is 0 Å². The fourth-order valence-corrected chi connectivity index (χ4v) is 3.47. The molecule has 5 nitrogen and oxygen atoms in total. The maximum atomic E-state index is 12.0. The molecule has 1 saturated carbocycles. The minimum atomic E-state index is -0.682. The maximum absolute atomic E-state index is 12.0. The predicted octanol–water partition coefficient (Wildman–Crippen LogP) is 3.13. The van der Waals surface area contributed by atoms with Gasteiger partial charge in [-0.3, -0.25) is 4.79 Å². The maximum Gasteiger partial charge on any atom is 0.410 e.